The van der Waals surface area contributed by atoms with Crippen LogP contribution in [0.2, 0.25) is 0 Å². The van der Waals surface area contributed by atoms with Crippen LogP contribution in [-0.4, -0.2) is 21.6 Å². The van der Waals surface area contributed by atoms with Crippen molar-refractivity contribution in [3.63, 3.8) is 0 Å². The lowest BCUT2D eigenvalue weighted by atomic mass is 9.95. The molecule has 1 rings (SSSR count). The van der Waals surface area contributed by atoms with Crippen LogP contribution in [0.3, 0.4) is 0 Å². The molecule has 1 aromatic carbocycles. The molecule has 0 saturated heterocycles. The van der Waals surface area contributed by atoms with Crippen LogP contribution in [0.1, 0.15) is 42.8 Å². The maximum absolute atomic E-state index is 11.6. The van der Waals surface area contributed by atoms with Crippen molar-refractivity contribution in [3.8, 4) is 0 Å². The van der Waals surface area contributed by atoms with Gasteiger partial charge in [-0.15, -0.1) is 0 Å². The van der Waals surface area contributed by atoms with Gasteiger partial charge >= 0.3 is 0 Å². The van der Waals surface area contributed by atoms with Gasteiger partial charge in [-0.3, -0.25) is 4.79 Å². The van der Waals surface area contributed by atoms with Crippen molar-refractivity contribution >= 4 is 5.78 Å². The third-order valence-electron chi connectivity index (χ3n) is 2.21. The molecule has 0 spiro atoms. The van der Waals surface area contributed by atoms with Gasteiger partial charge in [0.05, 0.1) is 6.10 Å². The number of ketones is 1. The lowest BCUT2D eigenvalue weighted by Crippen LogP contribution is -2.31. The third-order valence-corrected chi connectivity index (χ3v) is 2.21. The minimum absolute atomic E-state index is 0.320. The van der Waals surface area contributed by atoms with Crippen molar-refractivity contribution in [2.24, 2.45) is 0 Å². The van der Waals surface area contributed by atoms with Gasteiger partial charge in [0, 0.05) is 5.56 Å². The van der Waals surface area contributed by atoms with Crippen LogP contribution >= 0.6 is 0 Å². The molecule has 0 heterocycles. The zero-order valence-electron chi connectivity index (χ0n) is 9.19. The summed E-state index contributed by atoms with van der Waals surface area (Å²) in [4.78, 5) is 11.6. The summed E-state index contributed by atoms with van der Waals surface area (Å²) in [5.41, 5.74) is -0.152. The predicted octanol–water partition coefficient (Wildman–Crippen LogP) is 1.69. The molecule has 0 amide bonds. The van der Waals surface area contributed by atoms with Gasteiger partial charge in [0.25, 0.3) is 0 Å². The van der Waals surface area contributed by atoms with E-state index in [1.165, 1.54) is 13.8 Å². The topological polar surface area (TPSA) is 57.5 Å². The smallest absolute Gasteiger partial charge is 0.193 e. The molecule has 82 valence electrons. The first-order valence-corrected chi connectivity index (χ1v) is 4.87. The largest absolute Gasteiger partial charge is 0.389 e. The number of hydrogen-bond acceptors (Lipinski definition) is 3. The Labute approximate surface area is 89.4 Å². The molecule has 0 aliphatic carbocycles. The quantitative estimate of drug-likeness (QED) is 0.743. The van der Waals surface area contributed by atoms with E-state index in [0.717, 1.165) is 5.56 Å². The van der Waals surface area contributed by atoms with Gasteiger partial charge in [-0.25, -0.2) is 0 Å². The van der Waals surface area contributed by atoms with E-state index in [1.807, 2.05) is 0 Å². The second kappa shape index (κ2) is 4.13. The molecular weight excluding hydrogens is 192 g/mol. The summed E-state index contributed by atoms with van der Waals surface area (Å²) in [6, 6.07) is 6.60. The number of aliphatic hydroxyl groups is 2. The van der Waals surface area contributed by atoms with E-state index >= 15 is 0 Å². The summed E-state index contributed by atoms with van der Waals surface area (Å²) in [6.07, 6.45) is -0.545. The van der Waals surface area contributed by atoms with Crippen LogP contribution in [-0.2, 0) is 0 Å². The van der Waals surface area contributed by atoms with Crippen LogP contribution in [0.25, 0.3) is 0 Å². The van der Waals surface area contributed by atoms with Crippen LogP contribution in [0.5, 0.6) is 0 Å². The van der Waals surface area contributed by atoms with Gasteiger partial charge in [0.15, 0.2) is 5.78 Å². The second-order valence-corrected chi connectivity index (χ2v) is 4.19. The minimum atomic E-state index is -1.35. The number of rotatable bonds is 3. The van der Waals surface area contributed by atoms with Crippen LogP contribution in [0, 0.1) is 0 Å². The average Bonchev–Trinajstić information content (AvgIpc) is 2.15. The van der Waals surface area contributed by atoms with Crippen molar-refractivity contribution in [3.05, 3.63) is 35.4 Å². The van der Waals surface area contributed by atoms with Crippen LogP contribution in [0.15, 0.2) is 24.3 Å². The number of hydrogen-bond donors (Lipinski definition) is 2. The van der Waals surface area contributed by atoms with E-state index in [2.05, 4.69) is 0 Å². The molecule has 1 aromatic rings. The summed E-state index contributed by atoms with van der Waals surface area (Å²) in [5.74, 6) is -0.320. The Morgan fingerprint density at radius 1 is 1.27 bits per heavy atom. The van der Waals surface area contributed by atoms with Crippen molar-refractivity contribution in [2.45, 2.75) is 32.5 Å². The minimum Gasteiger partial charge on any atom is -0.389 e. The molecule has 1 atom stereocenters. The maximum Gasteiger partial charge on any atom is 0.193 e. The fourth-order valence-electron chi connectivity index (χ4n) is 1.27. The number of carbonyl (C=O) groups excluding carboxylic acids is 1. The van der Waals surface area contributed by atoms with Gasteiger partial charge in [0.1, 0.15) is 5.60 Å². The highest BCUT2D eigenvalue weighted by Gasteiger charge is 2.24. The zero-order chi connectivity index (χ0) is 11.6. The number of benzene rings is 1. The highest BCUT2D eigenvalue weighted by atomic mass is 16.3. The number of carbonyl (C=O) groups is 1. The standard InChI is InChI=1S/C12H16O3/c1-8(13)9-4-6-10(7-5-9)11(14)12(2,3)15/h4-8,13,15H,1-3H3. The molecule has 0 bridgehead atoms. The normalized spacial score (nSPS) is 13.7. The Morgan fingerprint density at radius 2 is 1.73 bits per heavy atom. The van der Waals surface area contributed by atoms with E-state index in [1.54, 1.807) is 31.2 Å². The van der Waals surface area contributed by atoms with Crippen molar-refractivity contribution < 1.29 is 15.0 Å². The summed E-state index contributed by atoms with van der Waals surface area (Å²) >= 11 is 0. The first kappa shape index (κ1) is 11.9. The molecule has 0 fully saturated rings. The molecular formula is C12H16O3. The Kier molecular flexibility index (Phi) is 3.27. The lowest BCUT2D eigenvalue weighted by molar-refractivity contribution is 0.0488. The fourth-order valence-corrected chi connectivity index (χ4v) is 1.27. The van der Waals surface area contributed by atoms with E-state index < -0.39 is 11.7 Å². The van der Waals surface area contributed by atoms with Gasteiger partial charge in [-0.2, -0.15) is 0 Å². The molecule has 3 heteroatoms. The second-order valence-electron chi connectivity index (χ2n) is 4.19. The summed E-state index contributed by atoms with van der Waals surface area (Å²) in [5, 5.41) is 18.8. The number of Topliss-reactive ketones (excluding diaryl/α,β-unsaturated/α-hetero) is 1. The molecule has 2 N–H and O–H groups in total. The van der Waals surface area contributed by atoms with E-state index in [4.69, 9.17) is 0 Å². The van der Waals surface area contributed by atoms with Gasteiger partial charge in [-0.1, -0.05) is 24.3 Å². The highest BCUT2D eigenvalue weighted by Crippen LogP contribution is 2.16. The van der Waals surface area contributed by atoms with Gasteiger partial charge < -0.3 is 10.2 Å². The molecule has 0 aromatic heterocycles. The summed E-state index contributed by atoms with van der Waals surface area (Å²) in [7, 11) is 0. The Hall–Kier alpha value is -1.19. The van der Waals surface area contributed by atoms with Crippen molar-refractivity contribution in [2.75, 3.05) is 0 Å². The monoisotopic (exact) mass is 208 g/mol. The molecule has 3 nitrogen and oxygen atoms in total. The molecule has 0 aliphatic rings. The fraction of sp³-hybridized carbons (Fsp3) is 0.417. The van der Waals surface area contributed by atoms with Crippen molar-refractivity contribution in [1.82, 2.24) is 0 Å². The van der Waals surface area contributed by atoms with Gasteiger partial charge in [0.2, 0.25) is 0 Å². The SMILES string of the molecule is CC(O)c1ccc(C(=O)C(C)(C)O)cc1. The Balaban J connectivity index is 2.95. The molecule has 0 aliphatic heterocycles. The lowest BCUT2D eigenvalue weighted by Gasteiger charge is -2.15. The Bertz CT molecular complexity index is 344. The Morgan fingerprint density at radius 3 is 2.07 bits per heavy atom. The van der Waals surface area contributed by atoms with E-state index in [9.17, 15) is 15.0 Å². The van der Waals surface area contributed by atoms with Crippen LogP contribution in [0.4, 0.5) is 0 Å². The van der Waals surface area contributed by atoms with Crippen molar-refractivity contribution in [1.29, 1.82) is 0 Å². The highest BCUT2D eigenvalue weighted by molar-refractivity contribution is 6.01. The van der Waals surface area contributed by atoms with Gasteiger partial charge in [-0.05, 0) is 26.3 Å². The summed E-state index contributed by atoms with van der Waals surface area (Å²) < 4.78 is 0. The predicted molar refractivity (Wildman–Crippen MR) is 57.7 cm³/mol. The maximum atomic E-state index is 11.6. The molecule has 1 unspecified atom stereocenters. The number of aliphatic hydroxyl groups excluding tert-OH is 1. The molecule has 15 heavy (non-hydrogen) atoms. The zero-order valence-corrected chi connectivity index (χ0v) is 9.19. The summed E-state index contributed by atoms with van der Waals surface area (Å²) in [6.45, 7) is 4.57. The van der Waals surface area contributed by atoms with Crippen LogP contribution < -0.4 is 0 Å². The molecule has 0 radical (unpaired) electrons. The third kappa shape index (κ3) is 2.88. The average molecular weight is 208 g/mol. The molecule has 0 saturated carbocycles. The van der Waals surface area contributed by atoms with E-state index in [0.29, 0.717) is 5.56 Å². The first-order valence-electron chi connectivity index (χ1n) is 4.87. The van der Waals surface area contributed by atoms with E-state index in [-0.39, 0.29) is 5.78 Å². The first-order chi connectivity index (χ1) is 6.82.